The zero-order chi connectivity index (χ0) is 13.2. The first kappa shape index (κ1) is 13.4. The van der Waals surface area contributed by atoms with E-state index in [4.69, 9.17) is 0 Å². The number of hydrogen-bond donors (Lipinski definition) is 1. The first-order chi connectivity index (χ1) is 8.50. The Morgan fingerprint density at radius 1 is 1.33 bits per heavy atom. The smallest absolute Gasteiger partial charge is 0.264 e. The number of nitrogens with one attached hydrogen (secondary N) is 1. The maximum atomic E-state index is 12.2. The molecular formula is C10H19N5O2S. The maximum absolute atomic E-state index is 12.2. The molecule has 2 rings (SSSR count). The summed E-state index contributed by atoms with van der Waals surface area (Å²) in [6.07, 6.45) is 1.25. The van der Waals surface area contributed by atoms with Crippen molar-refractivity contribution in [3.8, 4) is 0 Å². The third-order valence-corrected chi connectivity index (χ3v) is 4.72. The Kier molecular flexibility index (Phi) is 3.98. The number of aromatic amines is 1. The van der Waals surface area contributed by atoms with Gasteiger partial charge >= 0.3 is 0 Å². The largest absolute Gasteiger partial charge is 0.300 e. The molecule has 0 atom stereocenters. The van der Waals surface area contributed by atoms with Crippen molar-refractivity contribution in [3.05, 3.63) is 6.20 Å². The lowest BCUT2D eigenvalue weighted by Gasteiger charge is -2.34. The lowest BCUT2D eigenvalue weighted by molar-refractivity contribution is 0.172. The van der Waals surface area contributed by atoms with Crippen molar-refractivity contribution in [1.82, 2.24) is 24.6 Å². The molecule has 8 heteroatoms. The second kappa shape index (κ2) is 5.33. The van der Waals surface area contributed by atoms with Crippen molar-refractivity contribution < 1.29 is 8.42 Å². The van der Waals surface area contributed by atoms with Crippen LogP contribution in [0.5, 0.6) is 0 Å². The van der Waals surface area contributed by atoms with E-state index in [1.54, 1.807) is 0 Å². The van der Waals surface area contributed by atoms with Crippen LogP contribution in [0, 0.1) is 5.92 Å². The van der Waals surface area contributed by atoms with Gasteiger partial charge in [-0.15, -0.1) is 5.10 Å². The molecule has 0 radical (unpaired) electrons. The molecule has 0 saturated carbocycles. The van der Waals surface area contributed by atoms with Crippen molar-refractivity contribution in [1.29, 1.82) is 0 Å². The standard InChI is InChI=1S/C10H19N5O2S/c1-9(2)8-14-3-5-15(6-4-14)18(16,17)10-7-11-13-12-10/h7,9H,3-6,8H2,1-2H3,(H,11,12,13). The summed E-state index contributed by atoms with van der Waals surface area (Å²) in [6, 6.07) is 0. The monoisotopic (exact) mass is 273 g/mol. The molecule has 7 nitrogen and oxygen atoms in total. The number of piperazine rings is 1. The molecule has 1 aromatic rings. The number of aromatic nitrogens is 3. The van der Waals surface area contributed by atoms with E-state index in [1.165, 1.54) is 10.5 Å². The third-order valence-electron chi connectivity index (χ3n) is 2.95. The molecule has 1 aliphatic heterocycles. The highest BCUT2D eigenvalue weighted by Crippen LogP contribution is 2.14. The molecule has 1 saturated heterocycles. The van der Waals surface area contributed by atoms with Gasteiger partial charge in [-0.1, -0.05) is 13.8 Å². The highest BCUT2D eigenvalue weighted by atomic mass is 32.2. The van der Waals surface area contributed by atoms with E-state index in [-0.39, 0.29) is 5.03 Å². The molecule has 102 valence electrons. The fourth-order valence-electron chi connectivity index (χ4n) is 2.12. The minimum absolute atomic E-state index is 0.000176. The second-order valence-electron chi connectivity index (χ2n) is 4.91. The number of sulfonamides is 1. The van der Waals surface area contributed by atoms with Crippen molar-refractivity contribution in [2.45, 2.75) is 18.9 Å². The highest BCUT2D eigenvalue weighted by Gasteiger charge is 2.30. The molecule has 0 unspecified atom stereocenters. The van der Waals surface area contributed by atoms with E-state index in [2.05, 4.69) is 34.2 Å². The molecule has 1 aliphatic rings. The van der Waals surface area contributed by atoms with E-state index in [0.29, 0.717) is 19.0 Å². The summed E-state index contributed by atoms with van der Waals surface area (Å²) >= 11 is 0. The van der Waals surface area contributed by atoms with Gasteiger partial charge in [0, 0.05) is 32.7 Å². The summed E-state index contributed by atoms with van der Waals surface area (Å²) in [5.74, 6) is 0.601. The van der Waals surface area contributed by atoms with Crippen LogP contribution < -0.4 is 0 Å². The first-order valence-electron chi connectivity index (χ1n) is 6.08. The van der Waals surface area contributed by atoms with Gasteiger partial charge in [-0.2, -0.15) is 14.6 Å². The van der Waals surface area contributed by atoms with E-state index in [9.17, 15) is 8.42 Å². The molecule has 0 bridgehead atoms. The molecule has 0 aromatic carbocycles. The summed E-state index contributed by atoms with van der Waals surface area (Å²) in [4.78, 5) is 2.29. The summed E-state index contributed by atoms with van der Waals surface area (Å²) in [5, 5.41) is 9.53. The van der Waals surface area contributed by atoms with E-state index >= 15 is 0 Å². The fourth-order valence-corrected chi connectivity index (χ4v) is 3.37. The van der Waals surface area contributed by atoms with Crippen molar-refractivity contribution in [2.24, 2.45) is 5.92 Å². The summed E-state index contributed by atoms with van der Waals surface area (Å²) in [5.41, 5.74) is 0. The molecular weight excluding hydrogens is 254 g/mol. The minimum atomic E-state index is -3.47. The summed E-state index contributed by atoms with van der Waals surface area (Å²) in [7, 11) is -3.47. The Bertz CT molecular complexity index is 462. The second-order valence-corrected chi connectivity index (χ2v) is 6.79. The van der Waals surface area contributed by atoms with Crippen LogP contribution in [-0.4, -0.2) is 65.8 Å². The number of H-pyrrole nitrogens is 1. The van der Waals surface area contributed by atoms with Gasteiger partial charge in [0.1, 0.15) is 0 Å². The van der Waals surface area contributed by atoms with E-state index in [1.807, 2.05) is 0 Å². The van der Waals surface area contributed by atoms with Gasteiger partial charge in [0.05, 0.1) is 6.20 Å². The SMILES string of the molecule is CC(C)CN1CCN(S(=O)(=O)c2cn[nH]n2)CC1. The maximum Gasteiger partial charge on any atom is 0.264 e. The zero-order valence-electron chi connectivity index (χ0n) is 10.7. The van der Waals surface area contributed by atoms with Crippen molar-refractivity contribution in [2.75, 3.05) is 32.7 Å². The minimum Gasteiger partial charge on any atom is -0.300 e. The molecule has 18 heavy (non-hydrogen) atoms. The molecule has 1 N–H and O–H groups in total. The van der Waals surface area contributed by atoms with Crippen LogP contribution in [0.25, 0.3) is 0 Å². The number of nitrogens with zero attached hydrogens (tertiary/aromatic N) is 4. The molecule has 1 aromatic heterocycles. The average Bonchev–Trinajstić information content (AvgIpc) is 2.83. The zero-order valence-corrected chi connectivity index (χ0v) is 11.5. The molecule has 0 aliphatic carbocycles. The third kappa shape index (κ3) is 2.88. The van der Waals surface area contributed by atoms with Gasteiger partial charge in [-0.25, -0.2) is 8.42 Å². The van der Waals surface area contributed by atoms with Gasteiger partial charge in [-0.05, 0) is 5.92 Å². The van der Waals surface area contributed by atoms with Crippen molar-refractivity contribution in [3.63, 3.8) is 0 Å². The van der Waals surface area contributed by atoms with Crippen LogP contribution in [-0.2, 0) is 10.0 Å². The van der Waals surface area contributed by atoms with Gasteiger partial charge in [0.2, 0.25) is 5.03 Å². The molecule has 0 amide bonds. The average molecular weight is 273 g/mol. The Morgan fingerprint density at radius 2 is 2.00 bits per heavy atom. The van der Waals surface area contributed by atoms with Crippen LogP contribution in [0.3, 0.4) is 0 Å². The topological polar surface area (TPSA) is 82.2 Å². The Hall–Kier alpha value is -0.990. The van der Waals surface area contributed by atoms with Gasteiger partial charge < -0.3 is 4.90 Å². The lowest BCUT2D eigenvalue weighted by Crippen LogP contribution is -2.49. The van der Waals surface area contributed by atoms with Crippen LogP contribution >= 0.6 is 0 Å². The summed E-state index contributed by atoms with van der Waals surface area (Å²) < 4.78 is 25.8. The van der Waals surface area contributed by atoms with Crippen LogP contribution in [0.4, 0.5) is 0 Å². The van der Waals surface area contributed by atoms with Crippen molar-refractivity contribution >= 4 is 10.0 Å². The number of hydrogen-bond acceptors (Lipinski definition) is 5. The molecule has 2 heterocycles. The summed E-state index contributed by atoms with van der Waals surface area (Å²) in [6.45, 7) is 7.92. The quantitative estimate of drug-likeness (QED) is 0.819. The molecule has 0 spiro atoms. The lowest BCUT2D eigenvalue weighted by atomic mass is 10.2. The predicted octanol–water partition coefficient (Wildman–Crippen LogP) is -0.233. The Balaban J connectivity index is 1.98. The normalized spacial score (nSPS) is 19.5. The van der Waals surface area contributed by atoms with Crippen LogP contribution in [0.1, 0.15) is 13.8 Å². The first-order valence-corrected chi connectivity index (χ1v) is 7.52. The Morgan fingerprint density at radius 3 is 2.50 bits per heavy atom. The van der Waals surface area contributed by atoms with Crippen LogP contribution in [0.15, 0.2) is 11.2 Å². The van der Waals surface area contributed by atoms with E-state index < -0.39 is 10.0 Å². The van der Waals surface area contributed by atoms with Gasteiger partial charge in [0.15, 0.2) is 0 Å². The van der Waals surface area contributed by atoms with Gasteiger partial charge in [0.25, 0.3) is 10.0 Å². The van der Waals surface area contributed by atoms with E-state index in [0.717, 1.165) is 19.6 Å². The van der Waals surface area contributed by atoms with Crippen LogP contribution in [0.2, 0.25) is 0 Å². The fraction of sp³-hybridized carbons (Fsp3) is 0.800. The Labute approximate surface area is 107 Å². The highest BCUT2D eigenvalue weighted by molar-refractivity contribution is 7.89. The molecule has 1 fully saturated rings. The number of rotatable bonds is 4. The predicted molar refractivity (Wildman–Crippen MR) is 66.4 cm³/mol. The van der Waals surface area contributed by atoms with Gasteiger partial charge in [-0.3, -0.25) is 0 Å².